The van der Waals surface area contributed by atoms with Crippen LogP contribution in [0.5, 0.6) is 0 Å². The standard InChI is InChI=1S/C15H16N2OS/c1-2-7-15(10-17-9-8-16-11-17)14(18)12-5-3-4-6-13(12)19-15/h2-6,8-9,11,14,18H,1,7,10H2. The zero-order valence-electron chi connectivity index (χ0n) is 10.6. The first-order valence-electron chi connectivity index (χ1n) is 6.28. The summed E-state index contributed by atoms with van der Waals surface area (Å²) in [5, 5.41) is 10.7. The van der Waals surface area contributed by atoms with E-state index in [1.165, 1.54) is 0 Å². The van der Waals surface area contributed by atoms with Crippen LogP contribution in [-0.2, 0) is 6.54 Å². The van der Waals surface area contributed by atoms with E-state index in [1.54, 1.807) is 24.3 Å². The van der Waals surface area contributed by atoms with E-state index < -0.39 is 6.10 Å². The van der Waals surface area contributed by atoms with E-state index in [4.69, 9.17) is 0 Å². The predicted octanol–water partition coefficient (Wildman–Crippen LogP) is 3.04. The molecule has 1 aliphatic rings. The molecular weight excluding hydrogens is 256 g/mol. The Hall–Kier alpha value is -1.52. The maximum absolute atomic E-state index is 10.7. The Morgan fingerprint density at radius 1 is 1.47 bits per heavy atom. The molecule has 1 aromatic carbocycles. The summed E-state index contributed by atoms with van der Waals surface area (Å²) >= 11 is 1.74. The maximum atomic E-state index is 10.7. The van der Waals surface area contributed by atoms with Gasteiger partial charge in [-0.05, 0) is 18.1 Å². The molecule has 0 amide bonds. The average molecular weight is 272 g/mol. The normalized spacial score (nSPS) is 25.2. The molecule has 98 valence electrons. The summed E-state index contributed by atoms with van der Waals surface area (Å²) in [4.78, 5) is 5.24. The van der Waals surface area contributed by atoms with E-state index >= 15 is 0 Å². The summed E-state index contributed by atoms with van der Waals surface area (Å²) < 4.78 is 1.73. The van der Waals surface area contributed by atoms with Gasteiger partial charge < -0.3 is 9.67 Å². The zero-order chi connectivity index (χ0) is 13.3. The lowest BCUT2D eigenvalue weighted by Crippen LogP contribution is -2.33. The zero-order valence-corrected chi connectivity index (χ0v) is 11.4. The molecule has 0 fully saturated rings. The van der Waals surface area contributed by atoms with Crippen LogP contribution in [0.25, 0.3) is 0 Å². The fraction of sp³-hybridized carbons (Fsp3) is 0.267. The Bertz CT molecular complexity index is 578. The van der Waals surface area contributed by atoms with E-state index in [0.29, 0.717) is 0 Å². The minimum atomic E-state index is -0.478. The van der Waals surface area contributed by atoms with Crippen LogP contribution in [0.4, 0.5) is 0 Å². The third-order valence-corrected chi connectivity index (χ3v) is 5.04. The van der Waals surface area contributed by atoms with E-state index in [2.05, 4.69) is 17.6 Å². The molecule has 0 saturated heterocycles. The number of rotatable bonds is 4. The highest BCUT2D eigenvalue weighted by atomic mass is 32.2. The molecule has 3 rings (SSSR count). The van der Waals surface area contributed by atoms with Gasteiger partial charge in [0.2, 0.25) is 0 Å². The van der Waals surface area contributed by atoms with Crippen LogP contribution >= 0.6 is 11.8 Å². The SMILES string of the molecule is C=CCC1(Cn2ccnc2)Sc2ccccc2C1O. The largest absolute Gasteiger partial charge is 0.387 e. The summed E-state index contributed by atoms with van der Waals surface area (Å²) in [6.07, 6.45) is 7.65. The van der Waals surface area contributed by atoms with E-state index in [1.807, 2.05) is 35.0 Å². The molecule has 1 N–H and O–H groups in total. The Kier molecular flexibility index (Phi) is 3.21. The van der Waals surface area contributed by atoms with E-state index in [0.717, 1.165) is 23.4 Å². The van der Waals surface area contributed by atoms with Crippen molar-refractivity contribution in [2.24, 2.45) is 0 Å². The molecule has 0 aliphatic carbocycles. The number of benzene rings is 1. The number of nitrogens with zero attached hydrogens (tertiary/aromatic N) is 2. The van der Waals surface area contributed by atoms with Crippen molar-refractivity contribution in [3.8, 4) is 0 Å². The fourth-order valence-electron chi connectivity index (χ4n) is 2.63. The first kappa shape index (κ1) is 12.5. The molecule has 2 heterocycles. The second-order valence-corrected chi connectivity index (χ2v) is 6.29. The Morgan fingerprint density at radius 3 is 3.00 bits per heavy atom. The highest BCUT2D eigenvalue weighted by molar-refractivity contribution is 8.01. The maximum Gasteiger partial charge on any atom is 0.0971 e. The van der Waals surface area contributed by atoms with Crippen LogP contribution in [0.3, 0.4) is 0 Å². The van der Waals surface area contributed by atoms with Gasteiger partial charge >= 0.3 is 0 Å². The van der Waals surface area contributed by atoms with Gasteiger partial charge in [-0.25, -0.2) is 4.98 Å². The summed E-state index contributed by atoms with van der Waals surface area (Å²) in [7, 11) is 0. The van der Waals surface area contributed by atoms with Gasteiger partial charge in [0.25, 0.3) is 0 Å². The average Bonchev–Trinajstić information content (AvgIpc) is 2.99. The van der Waals surface area contributed by atoms with Crippen molar-refractivity contribution in [2.45, 2.75) is 28.7 Å². The number of thioether (sulfide) groups is 1. The molecule has 4 heteroatoms. The summed E-state index contributed by atoms with van der Waals surface area (Å²) in [6.45, 7) is 4.57. The second-order valence-electron chi connectivity index (χ2n) is 4.84. The minimum Gasteiger partial charge on any atom is -0.387 e. The summed E-state index contributed by atoms with van der Waals surface area (Å²) in [6, 6.07) is 8.07. The van der Waals surface area contributed by atoms with Crippen molar-refractivity contribution >= 4 is 11.8 Å². The minimum absolute atomic E-state index is 0.286. The van der Waals surface area contributed by atoms with Gasteiger partial charge in [-0.3, -0.25) is 0 Å². The van der Waals surface area contributed by atoms with E-state index in [9.17, 15) is 5.11 Å². The van der Waals surface area contributed by atoms with Gasteiger partial charge in [-0.15, -0.1) is 18.3 Å². The summed E-state index contributed by atoms with van der Waals surface area (Å²) in [5.74, 6) is 0. The van der Waals surface area contributed by atoms with Gasteiger partial charge in [0.1, 0.15) is 0 Å². The van der Waals surface area contributed by atoms with Gasteiger partial charge in [-0.1, -0.05) is 24.3 Å². The molecule has 2 unspecified atom stereocenters. The summed E-state index contributed by atoms with van der Waals surface area (Å²) in [5.41, 5.74) is 1.02. The van der Waals surface area contributed by atoms with Crippen LogP contribution < -0.4 is 0 Å². The molecule has 0 radical (unpaired) electrons. The Balaban J connectivity index is 1.97. The molecule has 0 bridgehead atoms. The number of aromatic nitrogens is 2. The quantitative estimate of drug-likeness (QED) is 0.869. The third-order valence-electron chi connectivity index (χ3n) is 3.52. The predicted molar refractivity (Wildman–Crippen MR) is 77.0 cm³/mol. The number of fused-ring (bicyclic) bond motifs is 1. The lowest BCUT2D eigenvalue weighted by Gasteiger charge is -2.31. The van der Waals surface area contributed by atoms with Crippen LogP contribution in [0.1, 0.15) is 18.1 Å². The lowest BCUT2D eigenvalue weighted by atomic mass is 9.92. The first-order valence-corrected chi connectivity index (χ1v) is 7.09. The Labute approximate surface area is 117 Å². The third kappa shape index (κ3) is 2.11. The van der Waals surface area contributed by atoms with Crippen LogP contribution in [0, 0.1) is 0 Å². The van der Waals surface area contributed by atoms with Crippen molar-refractivity contribution in [3.63, 3.8) is 0 Å². The number of hydrogen-bond donors (Lipinski definition) is 1. The van der Waals surface area contributed by atoms with Gasteiger partial charge in [0, 0.05) is 23.8 Å². The van der Waals surface area contributed by atoms with Crippen LogP contribution in [-0.4, -0.2) is 19.4 Å². The number of allylic oxidation sites excluding steroid dienone is 1. The highest BCUT2D eigenvalue weighted by Crippen LogP contribution is 2.54. The van der Waals surface area contributed by atoms with Crippen molar-refractivity contribution in [1.82, 2.24) is 9.55 Å². The van der Waals surface area contributed by atoms with Crippen LogP contribution in [0.15, 0.2) is 60.5 Å². The molecular formula is C15H16N2OS. The van der Waals surface area contributed by atoms with Crippen molar-refractivity contribution in [1.29, 1.82) is 0 Å². The molecule has 3 nitrogen and oxygen atoms in total. The monoisotopic (exact) mass is 272 g/mol. The van der Waals surface area contributed by atoms with Gasteiger partial charge in [-0.2, -0.15) is 0 Å². The molecule has 2 aromatic rings. The number of hydrogen-bond acceptors (Lipinski definition) is 3. The molecule has 1 aromatic heterocycles. The number of aliphatic hydroxyl groups excluding tert-OH is 1. The number of imidazole rings is 1. The molecule has 2 atom stereocenters. The number of aliphatic hydroxyl groups is 1. The molecule has 1 aliphatic heterocycles. The Morgan fingerprint density at radius 2 is 2.32 bits per heavy atom. The van der Waals surface area contributed by atoms with Gasteiger partial charge in [0.15, 0.2) is 0 Å². The highest BCUT2D eigenvalue weighted by Gasteiger charge is 2.45. The fourth-order valence-corrected chi connectivity index (χ4v) is 4.16. The van der Waals surface area contributed by atoms with Crippen molar-refractivity contribution in [3.05, 3.63) is 61.2 Å². The lowest BCUT2D eigenvalue weighted by molar-refractivity contribution is 0.123. The topological polar surface area (TPSA) is 38.0 Å². The molecule has 19 heavy (non-hydrogen) atoms. The van der Waals surface area contributed by atoms with Gasteiger partial charge in [0.05, 0.1) is 17.2 Å². The van der Waals surface area contributed by atoms with Crippen LogP contribution in [0.2, 0.25) is 0 Å². The smallest absolute Gasteiger partial charge is 0.0971 e. The van der Waals surface area contributed by atoms with Crippen molar-refractivity contribution < 1.29 is 5.11 Å². The van der Waals surface area contributed by atoms with Crippen molar-refractivity contribution in [2.75, 3.05) is 0 Å². The molecule has 0 spiro atoms. The van der Waals surface area contributed by atoms with E-state index in [-0.39, 0.29) is 4.75 Å². The first-order chi connectivity index (χ1) is 9.25. The second kappa shape index (κ2) is 4.87. The molecule has 0 saturated carbocycles.